The van der Waals surface area contributed by atoms with Crippen molar-refractivity contribution in [2.75, 3.05) is 11.7 Å². The number of aromatic nitrogens is 1. The molecular weight excluding hydrogens is 460 g/mol. The summed E-state index contributed by atoms with van der Waals surface area (Å²) in [6.07, 6.45) is 5.39. The summed E-state index contributed by atoms with van der Waals surface area (Å²) >= 11 is 0. The molecule has 3 aliphatic rings. The molecule has 1 aromatic heterocycles. The zero-order chi connectivity index (χ0) is 24.8. The van der Waals surface area contributed by atoms with Crippen LogP contribution in [0.3, 0.4) is 0 Å². The summed E-state index contributed by atoms with van der Waals surface area (Å²) in [5, 5.41) is 21.8. The summed E-state index contributed by atoms with van der Waals surface area (Å²) in [6, 6.07) is 17.8. The van der Waals surface area contributed by atoms with E-state index in [0.717, 1.165) is 11.3 Å². The van der Waals surface area contributed by atoms with Gasteiger partial charge in [0.05, 0.1) is 22.5 Å². The van der Waals surface area contributed by atoms with Crippen molar-refractivity contribution in [2.45, 2.75) is 25.2 Å². The molecule has 2 aliphatic heterocycles. The van der Waals surface area contributed by atoms with Gasteiger partial charge < -0.3 is 14.0 Å². The minimum atomic E-state index is -0.584. The number of hydrogen-bond acceptors (Lipinski definition) is 7. The lowest BCUT2D eigenvalue weighted by atomic mass is 9.75. The summed E-state index contributed by atoms with van der Waals surface area (Å²) in [5.74, 6) is 1.20. The fourth-order valence-corrected chi connectivity index (χ4v) is 5.20. The van der Waals surface area contributed by atoms with Crippen LogP contribution >= 0.6 is 0 Å². The van der Waals surface area contributed by atoms with Gasteiger partial charge in [-0.15, -0.1) is 0 Å². The zero-order valence-corrected chi connectivity index (χ0v) is 19.1. The molecule has 0 amide bonds. The number of allylic oxidation sites excluding steroid dienone is 3. The van der Waals surface area contributed by atoms with Crippen molar-refractivity contribution < 1.29 is 19.2 Å². The van der Waals surface area contributed by atoms with Crippen LogP contribution < -0.4 is 14.4 Å². The van der Waals surface area contributed by atoms with E-state index in [2.05, 4.69) is 6.07 Å². The number of hydrogen-bond donors (Lipinski definition) is 0. The van der Waals surface area contributed by atoms with E-state index in [-0.39, 0.29) is 18.3 Å². The molecule has 0 bridgehead atoms. The van der Waals surface area contributed by atoms with Gasteiger partial charge in [0.1, 0.15) is 5.82 Å². The summed E-state index contributed by atoms with van der Waals surface area (Å²) in [4.78, 5) is 26.2. The van der Waals surface area contributed by atoms with Gasteiger partial charge in [-0.3, -0.25) is 19.8 Å². The summed E-state index contributed by atoms with van der Waals surface area (Å²) < 4.78 is 12.9. The molecule has 0 saturated heterocycles. The molecule has 1 atom stereocenters. The van der Waals surface area contributed by atoms with E-state index in [1.807, 2.05) is 46.1 Å². The fourth-order valence-electron chi connectivity index (χ4n) is 5.20. The smallest absolute Gasteiger partial charge is 0.269 e. The fraction of sp³-hybridized carbons (Fsp3) is 0.185. The number of carbonyl (C=O) groups excluding carboxylic acids is 1. The number of non-ortho nitro benzene ring substituents is 1. The first-order chi connectivity index (χ1) is 17.6. The van der Waals surface area contributed by atoms with Gasteiger partial charge in [-0.1, -0.05) is 6.07 Å². The van der Waals surface area contributed by atoms with Gasteiger partial charge in [0, 0.05) is 47.9 Å². The molecule has 1 unspecified atom stereocenters. The highest BCUT2D eigenvalue weighted by atomic mass is 16.7. The Bertz CT molecular complexity index is 1500. The van der Waals surface area contributed by atoms with Crippen molar-refractivity contribution in [1.82, 2.24) is 4.57 Å². The molecule has 3 aromatic rings. The number of anilines is 1. The van der Waals surface area contributed by atoms with Crippen molar-refractivity contribution in [3.63, 3.8) is 0 Å². The third-order valence-electron chi connectivity index (χ3n) is 6.75. The van der Waals surface area contributed by atoms with E-state index in [1.165, 1.54) is 12.1 Å². The second kappa shape index (κ2) is 8.43. The lowest BCUT2D eigenvalue weighted by Crippen LogP contribution is -2.36. The Morgan fingerprint density at radius 3 is 2.50 bits per heavy atom. The van der Waals surface area contributed by atoms with Crippen LogP contribution in [-0.4, -0.2) is 22.1 Å². The van der Waals surface area contributed by atoms with Gasteiger partial charge >= 0.3 is 0 Å². The third-order valence-corrected chi connectivity index (χ3v) is 6.75. The molecule has 36 heavy (non-hydrogen) atoms. The maximum atomic E-state index is 13.5. The molecule has 3 heterocycles. The molecule has 0 spiro atoms. The van der Waals surface area contributed by atoms with Gasteiger partial charge in [0.25, 0.3) is 5.69 Å². The molecule has 6 rings (SSSR count). The minimum Gasteiger partial charge on any atom is -0.454 e. The van der Waals surface area contributed by atoms with E-state index >= 15 is 0 Å². The number of nitrogens with zero attached hydrogens (tertiary/aromatic N) is 4. The predicted molar refractivity (Wildman–Crippen MR) is 130 cm³/mol. The highest BCUT2D eigenvalue weighted by Gasteiger charge is 2.42. The van der Waals surface area contributed by atoms with Crippen LogP contribution in [0.2, 0.25) is 0 Å². The Labute approximate surface area is 206 Å². The standard InChI is InChI=1S/C27H20N4O5/c28-15-20-25(17-6-11-23-24(14-17)36-16-35-23)26-21(4-3-5-22(26)32)30(27(20)29-12-1-2-13-29)18-7-9-19(10-8-18)31(33)34/h1-2,6-14,25H,3-5,16H2. The number of rotatable bonds is 4. The molecule has 2 aromatic carbocycles. The number of Topliss-reactive ketones (excluding diaryl/α,β-unsaturated/α-hetero) is 1. The van der Waals surface area contributed by atoms with Gasteiger partial charge in [0.15, 0.2) is 17.3 Å². The molecule has 0 N–H and O–H groups in total. The van der Waals surface area contributed by atoms with Crippen LogP contribution in [0.1, 0.15) is 30.7 Å². The number of fused-ring (bicyclic) bond motifs is 1. The maximum Gasteiger partial charge on any atom is 0.269 e. The monoisotopic (exact) mass is 480 g/mol. The first-order valence-electron chi connectivity index (χ1n) is 11.5. The van der Waals surface area contributed by atoms with Crippen molar-refractivity contribution in [1.29, 1.82) is 5.26 Å². The first kappa shape index (κ1) is 21.7. The Balaban J connectivity index is 1.62. The van der Waals surface area contributed by atoms with Crippen molar-refractivity contribution >= 4 is 23.0 Å². The van der Waals surface area contributed by atoms with E-state index in [4.69, 9.17) is 9.47 Å². The van der Waals surface area contributed by atoms with Crippen LogP contribution in [0.4, 0.5) is 11.4 Å². The molecular formula is C27H20N4O5. The largest absolute Gasteiger partial charge is 0.454 e. The van der Waals surface area contributed by atoms with Gasteiger partial charge in [-0.25, -0.2) is 0 Å². The third kappa shape index (κ3) is 3.34. The summed E-state index contributed by atoms with van der Waals surface area (Å²) in [5.41, 5.74) is 3.15. The number of ketones is 1. The predicted octanol–water partition coefficient (Wildman–Crippen LogP) is 5.13. The number of nitriles is 1. The van der Waals surface area contributed by atoms with E-state index in [1.54, 1.807) is 18.2 Å². The van der Waals surface area contributed by atoms with Gasteiger partial charge in [0.2, 0.25) is 6.79 Å². The minimum absolute atomic E-state index is 0.00913. The van der Waals surface area contributed by atoms with Crippen molar-refractivity contribution in [3.05, 3.63) is 99.5 Å². The average Bonchev–Trinajstić information content (AvgIpc) is 3.59. The SMILES string of the molecule is N#CC1=C(n2cccc2)N(c2ccc([N+](=O)[O-])cc2)C2=C(C(=O)CCC2)C1c1ccc2c(c1)OCO2. The molecule has 0 radical (unpaired) electrons. The van der Waals surface area contributed by atoms with Crippen LogP contribution in [-0.2, 0) is 4.79 Å². The topological polar surface area (TPSA) is 111 Å². The number of nitro benzene ring substituents is 1. The second-order valence-electron chi connectivity index (χ2n) is 8.73. The quantitative estimate of drug-likeness (QED) is 0.376. The van der Waals surface area contributed by atoms with Crippen LogP contribution in [0, 0.1) is 21.4 Å². The summed E-state index contributed by atoms with van der Waals surface area (Å²) in [7, 11) is 0. The Morgan fingerprint density at radius 2 is 1.78 bits per heavy atom. The second-order valence-corrected chi connectivity index (χ2v) is 8.73. The number of ether oxygens (including phenoxy) is 2. The Kier molecular flexibility index (Phi) is 5.08. The van der Waals surface area contributed by atoms with Crippen molar-refractivity contribution in [3.8, 4) is 17.6 Å². The van der Waals surface area contributed by atoms with Crippen LogP contribution in [0.15, 0.2) is 83.8 Å². The van der Waals surface area contributed by atoms with Gasteiger partial charge in [-0.05, 0) is 54.8 Å². The molecule has 1 aliphatic carbocycles. The Morgan fingerprint density at radius 1 is 1.03 bits per heavy atom. The lowest BCUT2D eigenvalue weighted by molar-refractivity contribution is -0.384. The van der Waals surface area contributed by atoms with Crippen LogP contribution in [0.25, 0.3) is 5.82 Å². The number of carbonyl (C=O) groups is 1. The summed E-state index contributed by atoms with van der Waals surface area (Å²) in [6.45, 7) is 0.125. The molecule has 9 nitrogen and oxygen atoms in total. The first-order valence-corrected chi connectivity index (χ1v) is 11.5. The maximum absolute atomic E-state index is 13.5. The molecule has 0 saturated carbocycles. The van der Waals surface area contributed by atoms with Crippen LogP contribution in [0.5, 0.6) is 11.5 Å². The Hall–Kier alpha value is -4.84. The highest BCUT2D eigenvalue weighted by Crippen LogP contribution is 2.50. The van der Waals surface area contributed by atoms with E-state index in [9.17, 15) is 20.2 Å². The molecule has 178 valence electrons. The lowest BCUT2D eigenvalue weighted by Gasteiger charge is -2.41. The zero-order valence-electron chi connectivity index (χ0n) is 19.1. The number of nitro groups is 1. The van der Waals surface area contributed by atoms with E-state index in [0.29, 0.717) is 53.4 Å². The van der Waals surface area contributed by atoms with Gasteiger partial charge in [-0.2, -0.15) is 5.26 Å². The van der Waals surface area contributed by atoms with Crippen molar-refractivity contribution in [2.24, 2.45) is 0 Å². The average molecular weight is 480 g/mol. The normalized spacial score (nSPS) is 18.8. The molecule has 0 fully saturated rings. The molecule has 9 heteroatoms. The highest BCUT2D eigenvalue weighted by molar-refractivity contribution is 6.03. The van der Waals surface area contributed by atoms with E-state index < -0.39 is 10.8 Å². The number of benzene rings is 2.